The molecule has 0 radical (unpaired) electrons. The quantitative estimate of drug-likeness (QED) is 0.771. The van der Waals surface area contributed by atoms with Gasteiger partial charge in [0.15, 0.2) is 5.82 Å². The van der Waals surface area contributed by atoms with Crippen molar-refractivity contribution >= 4 is 17.4 Å². The number of carbonyl (C=O) groups is 1. The minimum atomic E-state index is -0.0225. The van der Waals surface area contributed by atoms with Crippen LogP contribution in [0.1, 0.15) is 19.8 Å². The van der Waals surface area contributed by atoms with E-state index in [9.17, 15) is 4.79 Å². The number of nitrogens with one attached hydrogen (secondary N) is 1. The average molecular weight is 369 g/mol. The highest BCUT2D eigenvalue weighted by molar-refractivity contribution is 5.92. The molecule has 1 atom stereocenters. The van der Waals surface area contributed by atoms with Crippen LogP contribution < -0.4 is 15.0 Å². The molecule has 0 saturated carbocycles. The minimum Gasteiger partial charge on any atom is -0.494 e. The summed E-state index contributed by atoms with van der Waals surface area (Å²) in [4.78, 5) is 16.7. The number of hydrogen-bond donors (Lipinski definition) is 1. The Morgan fingerprint density at radius 3 is 2.85 bits per heavy atom. The third-order valence-electron chi connectivity index (χ3n) is 4.61. The molecule has 1 aliphatic rings. The van der Waals surface area contributed by atoms with Gasteiger partial charge in [-0.2, -0.15) is 5.10 Å². The summed E-state index contributed by atoms with van der Waals surface area (Å²) in [6.07, 6.45) is 3.92. The summed E-state index contributed by atoms with van der Waals surface area (Å²) in [7, 11) is 1.98. The Bertz CT molecular complexity index is 723. The Morgan fingerprint density at radius 1 is 1.33 bits per heavy atom. The second kappa shape index (κ2) is 9.32. The van der Waals surface area contributed by atoms with Crippen molar-refractivity contribution in [3.05, 3.63) is 42.6 Å². The van der Waals surface area contributed by atoms with E-state index >= 15 is 0 Å². The number of amides is 1. The molecule has 1 aromatic heterocycles. The molecular formula is C20H27N5O2. The molecule has 1 amide bonds. The first-order chi connectivity index (χ1) is 13.2. The lowest BCUT2D eigenvalue weighted by Gasteiger charge is -2.28. The summed E-state index contributed by atoms with van der Waals surface area (Å²) in [6.45, 7) is 4.71. The number of ether oxygens (including phenoxy) is 1. The number of rotatable bonds is 8. The third kappa shape index (κ3) is 5.40. The van der Waals surface area contributed by atoms with Crippen molar-refractivity contribution in [2.45, 2.75) is 25.8 Å². The van der Waals surface area contributed by atoms with E-state index in [1.807, 2.05) is 50.4 Å². The zero-order valence-corrected chi connectivity index (χ0v) is 16.0. The van der Waals surface area contributed by atoms with Gasteiger partial charge in [-0.25, -0.2) is 0 Å². The van der Waals surface area contributed by atoms with Crippen molar-refractivity contribution in [2.75, 3.05) is 43.5 Å². The van der Waals surface area contributed by atoms with Gasteiger partial charge in [-0.05, 0) is 63.2 Å². The maximum Gasteiger partial charge on any atom is 0.238 e. The Kier molecular flexibility index (Phi) is 6.59. The number of carbonyl (C=O) groups excluding carboxylic acids is 1. The number of aromatic nitrogens is 2. The van der Waals surface area contributed by atoms with E-state index in [0.29, 0.717) is 19.2 Å². The second-order valence-corrected chi connectivity index (χ2v) is 6.77. The average Bonchev–Trinajstić information content (AvgIpc) is 3.12. The molecule has 1 aliphatic heterocycles. The van der Waals surface area contributed by atoms with Crippen LogP contribution in [0.2, 0.25) is 0 Å². The molecule has 1 aromatic carbocycles. The Hall–Kier alpha value is -2.67. The van der Waals surface area contributed by atoms with E-state index in [2.05, 4.69) is 25.3 Å². The number of benzene rings is 1. The van der Waals surface area contributed by atoms with E-state index in [1.165, 1.54) is 0 Å². The van der Waals surface area contributed by atoms with E-state index < -0.39 is 0 Å². The van der Waals surface area contributed by atoms with Crippen LogP contribution in [0.4, 0.5) is 11.5 Å². The van der Waals surface area contributed by atoms with Gasteiger partial charge in [-0.1, -0.05) is 0 Å². The number of likely N-dealkylation sites (N-methyl/N-ethyl adjacent to an activating group) is 1. The lowest BCUT2D eigenvalue weighted by Crippen LogP contribution is -2.42. The van der Waals surface area contributed by atoms with Gasteiger partial charge in [0, 0.05) is 31.0 Å². The van der Waals surface area contributed by atoms with Crippen molar-refractivity contribution in [3.63, 3.8) is 0 Å². The third-order valence-corrected chi connectivity index (χ3v) is 4.61. The topological polar surface area (TPSA) is 70.6 Å². The lowest BCUT2D eigenvalue weighted by atomic mass is 10.2. The summed E-state index contributed by atoms with van der Waals surface area (Å²) in [5.41, 5.74) is 0.777. The predicted octanol–water partition coefficient (Wildman–Crippen LogP) is 2.41. The smallest absolute Gasteiger partial charge is 0.238 e. The molecule has 7 heteroatoms. The highest BCUT2D eigenvalue weighted by atomic mass is 16.5. The van der Waals surface area contributed by atoms with Gasteiger partial charge in [-0.3, -0.25) is 9.69 Å². The predicted molar refractivity (Wildman–Crippen MR) is 106 cm³/mol. The maximum atomic E-state index is 12.3. The molecule has 1 N–H and O–H groups in total. The van der Waals surface area contributed by atoms with E-state index in [1.54, 1.807) is 6.20 Å². The summed E-state index contributed by atoms with van der Waals surface area (Å²) in [6, 6.07) is 11.7. The van der Waals surface area contributed by atoms with Crippen LogP contribution in [0.5, 0.6) is 5.75 Å². The number of hydrogen-bond acceptors (Lipinski definition) is 6. The molecule has 27 heavy (non-hydrogen) atoms. The highest BCUT2D eigenvalue weighted by Gasteiger charge is 2.27. The largest absolute Gasteiger partial charge is 0.494 e. The number of nitrogens with zero attached hydrogens (tertiary/aromatic N) is 4. The van der Waals surface area contributed by atoms with Crippen molar-refractivity contribution in [2.24, 2.45) is 0 Å². The fourth-order valence-corrected chi connectivity index (χ4v) is 3.44. The lowest BCUT2D eigenvalue weighted by molar-refractivity contribution is -0.117. The fraction of sp³-hybridized carbons (Fsp3) is 0.450. The van der Waals surface area contributed by atoms with Crippen LogP contribution >= 0.6 is 0 Å². The van der Waals surface area contributed by atoms with Gasteiger partial charge in [0.1, 0.15) is 5.75 Å². The van der Waals surface area contributed by atoms with Crippen LogP contribution in [0, 0.1) is 0 Å². The zero-order valence-electron chi connectivity index (χ0n) is 16.0. The van der Waals surface area contributed by atoms with E-state index in [0.717, 1.165) is 43.2 Å². The summed E-state index contributed by atoms with van der Waals surface area (Å²) in [5.74, 6) is 1.69. The molecular weight excluding hydrogens is 342 g/mol. The van der Waals surface area contributed by atoms with Crippen molar-refractivity contribution in [1.29, 1.82) is 0 Å². The summed E-state index contributed by atoms with van der Waals surface area (Å²) in [5, 5.41) is 11.1. The van der Waals surface area contributed by atoms with Gasteiger partial charge >= 0.3 is 0 Å². The van der Waals surface area contributed by atoms with Crippen LogP contribution in [0.3, 0.4) is 0 Å². The van der Waals surface area contributed by atoms with E-state index in [4.69, 9.17) is 4.74 Å². The summed E-state index contributed by atoms with van der Waals surface area (Å²) >= 11 is 0. The number of anilines is 2. The molecule has 0 spiro atoms. The van der Waals surface area contributed by atoms with Crippen molar-refractivity contribution in [3.8, 4) is 5.75 Å². The van der Waals surface area contributed by atoms with Gasteiger partial charge in [0.2, 0.25) is 5.91 Å². The first-order valence-electron chi connectivity index (χ1n) is 9.41. The molecule has 144 valence electrons. The maximum absolute atomic E-state index is 12.3. The molecule has 0 aliphatic carbocycles. The van der Waals surface area contributed by atoms with Gasteiger partial charge < -0.3 is 15.0 Å². The van der Waals surface area contributed by atoms with Gasteiger partial charge in [-0.15, -0.1) is 5.10 Å². The first-order valence-corrected chi connectivity index (χ1v) is 9.41. The zero-order chi connectivity index (χ0) is 19.1. The van der Waals surface area contributed by atoms with E-state index in [-0.39, 0.29) is 5.91 Å². The molecule has 1 fully saturated rings. The SMILES string of the molecule is CCOc1ccc(NC(=O)CN(C)CC2CCCN2c2cccnn2)cc1. The monoisotopic (exact) mass is 369 g/mol. The van der Waals surface area contributed by atoms with Gasteiger partial charge in [0.05, 0.1) is 13.2 Å². The van der Waals surface area contributed by atoms with Crippen molar-refractivity contribution < 1.29 is 9.53 Å². The molecule has 0 bridgehead atoms. The van der Waals surface area contributed by atoms with Crippen LogP contribution in [-0.4, -0.2) is 60.3 Å². The molecule has 3 rings (SSSR count). The van der Waals surface area contributed by atoms with Gasteiger partial charge in [0.25, 0.3) is 0 Å². The molecule has 7 nitrogen and oxygen atoms in total. The molecule has 1 unspecified atom stereocenters. The normalized spacial score (nSPS) is 16.6. The second-order valence-electron chi connectivity index (χ2n) is 6.77. The minimum absolute atomic E-state index is 0.0225. The van der Waals surface area contributed by atoms with Crippen LogP contribution in [0.15, 0.2) is 42.6 Å². The summed E-state index contributed by atoms with van der Waals surface area (Å²) < 4.78 is 5.42. The Balaban J connectivity index is 1.49. The fourth-order valence-electron chi connectivity index (χ4n) is 3.44. The van der Waals surface area contributed by atoms with Crippen molar-refractivity contribution in [1.82, 2.24) is 15.1 Å². The molecule has 2 aromatic rings. The Labute approximate surface area is 160 Å². The van der Waals surface area contributed by atoms with Crippen LogP contribution in [-0.2, 0) is 4.79 Å². The first kappa shape index (κ1) is 19.1. The highest BCUT2D eigenvalue weighted by Crippen LogP contribution is 2.23. The standard InChI is InChI=1S/C20H27N5O2/c1-3-27-18-10-8-16(9-11-18)22-20(26)15-24(2)14-17-6-5-13-25(17)19-7-4-12-21-23-19/h4,7-12,17H,3,5-6,13-15H2,1-2H3,(H,22,26). The molecule has 2 heterocycles. The Morgan fingerprint density at radius 2 is 2.15 bits per heavy atom. The molecule has 1 saturated heterocycles. The van der Waals surface area contributed by atoms with Crippen LogP contribution in [0.25, 0.3) is 0 Å².